The van der Waals surface area contributed by atoms with Crippen molar-refractivity contribution in [1.82, 2.24) is 0 Å². The van der Waals surface area contributed by atoms with E-state index in [4.69, 9.17) is 5.73 Å². The van der Waals surface area contributed by atoms with Crippen LogP contribution in [0.1, 0.15) is 55.6 Å². The molecule has 2 fully saturated rings. The van der Waals surface area contributed by atoms with E-state index in [0.29, 0.717) is 11.3 Å². The first-order valence-electron chi connectivity index (χ1n) is 14.4. The Morgan fingerprint density at radius 1 is 1.02 bits per heavy atom. The summed E-state index contributed by atoms with van der Waals surface area (Å²) in [7, 11) is 0. The first-order valence-corrected chi connectivity index (χ1v) is 14.4. The topological polar surface area (TPSA) is 199 Å². The van der Waals surface area contributed by atoms with Gasteiger partial charge in [-0.05, 0) is 66.8 Å². The lowest BCUT2D eigenvalue weighted by atomic mass is 9.39. The van der Waals surface area contributed by atoms with Crippen LogP contribution in [0.25, 0.3) is 0 Å². The van der Waals surface area contributed by atoms with Gasteiger partial charge in [-0.15, -0.1) is 0 Å². The SMILES string of the molecule is Cc1ccc(NC(=O)Nc2ccc(O)c3c2C[C@]2(C)C[C@]4(C)[C@@H](C(C)C)C(O)[C@@H](C(N)=O)C(=O)[C@]4(O)C(O)[C@H]2C3=O)cc1. The number of phenols is 1. The van der Waals surface area contributed by atoms with Gasteiger partial charge in [-0.3, -0.25) is 14.4 Å². The molecule has 3 aliphatic carbocycles. The maximum Gasteiger partial charge on any atom is 0.323 e. The lowest BCUT2D eigenvalue weighted by molar-refractivity contribution is -0.265. The first-order chi connectivity index (χ1) is 20.0. The van der Waals surface area contributed by atoms with E-state index in [-0.39, 0.29) is 35.8 Å². The van der Waals surface area contributed by atoms with Crippen molar-refractivity contribution in [1.29, 1.82) is 0 Å². The Hall–Kier alpha value is -3.80. The monoisotopic (exact) mass is 593 g/mol. The molecule has 2 aromatic carbocycles. The standard InChI is InChI=1S/C32H39N3O8/c1-14(2)22-25(38)21(28(33)41)26(39)32(43)27(40)23-24(37)20-17(12-30(23,4)13-31(22,32)5)18(10-11-19(20)36)35-29(42)34-16-8-6-15(3)7-9-16/h6-11,14,21-23,25,27,36,38,40,43H,12-13H2,1-5H3,(H2,33,41)(H2,34,35,42)/t21-,22+,23-,25?,27?,30-,31-,32+/m1/s1. The number of aliphatic hydroxyl groups excluding tert-OH is 2. The predicted molar refractivity (Wildman–Crippen MR) is 157 cm³/mol. The number of aliphatic hydroxyl groups is 3. The molecular formula is C32H39N3O8. The van der Waals surface area contributed by atoms with E-state index in [2.05, 4.69) is 10.6 Å². The van der Waals surface area contributed by atoms with Crippen LogP contribution in [0.3, 0.4) is 0 Å². The van der Waals surface area contributed by atoms with E-state index >= 15 is 0 Å². The lowest BCUT2D eigenvalue weighted by Gasteiger charge is -2.66. The molecule has 0 spiro atoms. The van der Waals surface area contributed by atoms with E-state index in [1.165, 1.54) is 12.1 Å². The van der Waals surface area contributed by atoms with Crippen LogP contribution in [0.15, 0.2) is 36.4 Å². The summed E-state index contributed by atoms with van der Waals surface area (Å²) in [6.45, 7) is 8.83. The van der Waals surface area contributed by atoms with E-state index in [9.17, 15) is 39.6 Å². The van der Waals surface area contributed by atoms with Gasteiger partial charge in [0.2, 0.25) is 5.91 Å². The van der Waals surface area contributed by atoms with Crippen LogP contribution in [0, 0.1) is 41.4 Å². The van der Waals surface area contributed by atoms with Crippen LogP contribution in [0.5, 0.6) is 5.75 Å². The van der Waals surface area contributed by atoms with Gasteiger partial charge >= 0.3 is 6.03 Å². The number of carbonyl (C=O) groups is 4. The maximum atomic E-state index is 14.2. The Bertz CT molecular complexity index is 1520. The van der Waals surface area contributed by atoms with Crippen LogP contribution >= 0.6 is 0 Å². The van der Waals surface area contributed by atoms with Crippen molar-refractivity contribution in [2.45, 2.75) is 65.3 Å². The summed E-state index contributed by atoms with van der Waals surface area (Å²) in [6, 6.07) is 9.35. The summed E-state index contributed by atoms with van der Waals surface area (Å²) in [5.41, 5.74) is 2.43. The Kier molecular flexibility index (Phi) is 7.23. The molecule has 11 heteroatoms. The molecule has 3 aliphatic rings. The highest BCUT2D eigenvalue weighted by molar-refractivity contribution is 6.10. The Balaban J connectivity index is 1.59. The molecule has 230 valence electrons. The van der Waals surface area contributed by atoms with Crippen molar-refractivity contribution < 1.29 is 39.6 Å². The molecule has 2 saturated carbocycles. The second-order valence-electron chi connectivity index (χ2n) is 13.4. The van der Waals surface area contributed by atoms with E-state index < -0.39 is 69.9 Å². The number of ketones is 2. The van der Waals surface area contributed by atoms with Gasteiger partial charge in [0.1, 0.15) is 17.8 Å². The fourth-order valence-corrected chi connectivity index (χ4v) is 8.57. The molecule has 0 aliphatic heterocycles. The Morgan fingerprint density at radius 3 is 2.23 bits per heavy atom. The molecule has 43 heavy (non-hydrogen) atoms. The second-order valence-corrected chi connectivity index (χ2v) is 13.4. The molecule has 0 saturated heterocycles. The minimum absolute atomic E-state index is 0.00515. The number of amides is 3. The number of nitrogens with two attached hydrogens (primary N) is 1. The van der Waals surface area contributed by atoms with Crippen molar-refractivity contribution in [2.24, 2.45) is 40.2 Å². The number of nitrogens with one attached hydrogen (secondary N) is 2. The first kappa shape index (κ1) is 30.7. The normalized spacial score (nSPS) is 35.0. The number of hydrogen-bond donors (Lipinski definition) is 7. The van der Waals surface area contributed by atoms with Crippen LogP contribution in [-0.4, -0.2) is 61.7 Å². The van der Waals surface area contributed by atoms with Crippen molar-refractivity contribution >= 4 is 34.9 Å². The molecule has 0 heterocycles. The highest BCUT2D eigenvalue weighted by Gasteiger charge is 2.75. The smallest absolute Gasteiger partial charge is 0.323 e. The zero-order chi connectivity index (χ0) is 31.8. The van der Waals surface area contributed by atoms with Gasteiger partial charge in [0.05, 0.1) is 17.6 Å². The molecule has 8 N–H and O–H groups in total. The third kappa shape index (κ3) is 4.36. The Morgan fingerprint density at radius 2 is 1.65 bits per heavy atom. The van der Waals surface area contributed by atoms with Crippen LogP contribution in [0.4, 0.5) is 16.2 Å². The maximum absolute atomic E-state index is 14.2. The number of urea groups is 1. The van der Waals surface area contributed by atoms with Crippen molar-refractivity contribution in [3.63, 3.8) is 0 Å². The molecule has 2 aromatic rings. The second kappa shape index (κ2) is 10.1. The summed E-state index contributed by atoms with van der Waals surface area (Å²) in [6.07, 6.45) is -3.39. The third-order valence-electron chi connectivity index (χ3n) is 10.2. The molecule has 5 rings (SSSR count). The van der Waals surface area contributed by atoms with Crippen molar-refractivity contribution in [3.05, 3.63) is 53.1 Å². The number of Topliss-reactive ketones (excluding diaryl/α,β-unsaturated/α-hetero) is 2. The van der Waals surface area contributed by atoms with Gasteiger partial charge < -0.3 is 36.8 Å². The minimum atomic E-state index is -2.59. The number of fused-ring (bicyclic) bond motifs is 3. The van der Waals surface area contributed by atoms with Gasteiger partial charge in [0.25, 0.3) is 0 Å². The number of benzene rings is 2. The molecule has 0 aromatic heterocycles. The van der Waals surface area contributed by atoms with Crippen LogP contribution < -0.4 is 16.4 Å². The predicted octanol–water partition coefficient (Wildman–Crippen LogP) is 2.53. The summed E-state index contributed by atoms with van der Waals surface area (Å²) < 4.78 is 0. The summed E-state index contributed by atoms with van der Waals surface area (Å²) >= 11 is 0. The number of rotatable bonds is 4. The summed E-state index contributed by atoms with van der Waals surface area (Å²) in [5, 5.41) is 51.6. The highest BCUT2D eigenvalue weighted by atomic mass is 16.4. The molecule has 0 radical (unpaired) electrons. The van der Waals surface area contributed by atoms with Crippen LogP contribution in [-0.2, 0) is 16.0 Å². The van der Waals surface area contributed by atoms with Gasteiger partial charge in [-0.2, -0.15) is 0 Å². The average molecular weight is 594 g/mol. The minimum Gasteiger partial charge on any atom is -0.507 e. The molecule has 3 amide bonds. The number of phenolic OH excluding ortho intramolecular Hbond substituents is 1. The number of hydrogen-bond acceptors (Lipinski definition) is 8. The van der Waals surface area contributed by atoms with Gasteiger partial charge in [-0.25, -0.2) is 4.79 Å². The fourth-order valence-electron chi connectivity index (χ4n) is 8.57. The largest absolute Gasteiger partial charge is 0.507 e. The van der Waals surface area contributed by atoms with E-state index in [1.807, 2.05) is 19.1 Å². The lowest BCUT2D eigenvalue weighted by Crippen LogP contribution is -2.79. The van der Waals surface area contributed by atoms with E-state index in [0.717, 1.165) is 5.56 Å². The number of aromatic hydroxyl groups is 1. The summed E-state index contributed by atoms with van der Waals surface area (Å²) in [4.78, 5) is 53.2. The quantitative estimate of drug-likeness (QED) is 0.207. The number of primary amides is 1. The molecule has 8 atom stereocenters. The van der Waals surface area contributed by atoms with Crippen molar-refractivity contribution in [3.8, 4) is 5.75 Å². The molecule has 0 bridgehead atoms. The zero-order valence-corrected chi connectivity index (χ0v) is 24.8. The van der Waals surface area contributed by atoms with Gasteiger partial charge in [0, 0.05) is 16.8 Å². The average Bonchev–Trinajstić information content (AvgIpc) is 2.88. The van der Waals surface area contributed by atoms with Crippen LogP contribution in [0.2, 0.25) is 0 Å². The number of aryl methyl sites for hydroxylation is 1. The van der Waals surface area contributed by atoms with Gasteiger partial charge in [-0.1, -0.05) is 45.4 Å². The van der Waals surface area contributed by atoms with E-state index in [1.54, 1.807) is 39.8 Å². The van der Waals surface area contributed by atoms with Gasteiger partial charge in [0.15, 0.2) is 17.2 Å². The molecular weight excluding hydrogens is 554 g/mol. The zero-order valence-electron chi connectivity index (χ0n) is 24.8. The molecule has 11 nitrogen and oxygen atoms in total. The Labute approximate surface area is 249 Å². The number of carbonyl (C=O) groups excluding carboxylic acids is 4. The molecule has 2 unspecified atom stereocenters. The highest BCUT2D eigenvalue weighted by Crippen LogP contribution is 2.65. The number of anilines is 2. The summed E-state index contributed by atoms with van der Waals surface area (Å²) in [5.74, 6) is -7.65. The fraction of sp³-hybridized carbons (Fsp3) is 0.500. The third-order valence-corrected chi connectivity index (χ3v) is 10.2. The van der Waals surface area contributed by atoms with Crippen molar-refractivity contribution in [2.75, 3.05) is 10.6 Å².